The van der Waals surface area contributed by atoms with Crippen molar-refractivity contribution in [2.24, 2.45) is 7.05 Å². The summed E-state index contributed by atoms with van der Waals surface area (Å²) in [7, 11) is 2.03. The fourth-order valence-electron chi connectivity index (χ4n) is 4.36. The largest absolute Gasteiger partial charge is 0.330 e. The first-order chi connectivity index (χ1) is 12.1. The molecule has 1 aromatic carbocycles. The van der Waals surface area contributed by atoms with Gasteiger partial charge in [-0.3, -0.25) is 9.48 Å². The van der Waals surface area contributed by atoms with Crippen molar-refractivity contribution in [2.75, 3.05) is 0 Å². The van der Waals surface area contributed by atoms with Crippen molar-refractivity contribution in [3.05, 3.63) is 51.3 Å². The summed E-state index contributed by atoms with van der Waals surface area (Å²) in [5, 5.41) is 4.75. The molecule has 1 aromatic heterocycles. The second kappa shape index (κ2) is 6.94. The van der Waals surface area contributed by atoms with Crippen molar-refractivity contribution in [3.63, 3.8) is 0 Å². The Balaban J connectivity index is 1.65. The molecule has 132 valence electrons. The SMILES string of the molecule is Cn1nc(CN(C(=O)c2cccc(Br)c2)C2CCCC2)c2c1CCC2. The van der Waals surface area contributed by atoms with Gasteiger partial charge in [0.15, 0.2) is 0 Å². The van der Waals surface area contributed by atoms with Crippen LogP contribution in [0.3, 0.4) is 0 Å². The van der Waals surface area contributed by atoms with Crippen LogP contribution in [0.15, 0.2) is 28.7 Å². The maximum absolute atomic E-state index is 13.3. The lowest BCUT2D eigenvalue weighted by molar-refractivity contribution is 0.0661. The molecule has 1 saturated carbocycles. The standard InChI is InChI=1S/C20H24BrN3O/c1-23-19-11-5-10-17(19)18(22-23)13-24(16-8-2-3-9-16)20(25)14-6-4-7-15(21)12-14/h4,6-7,12,16H,2-3,5,8-11,13H2,1H3. The van der Waals surface area contributed by atoms with Gasteiger partial charge in [0.05, 0.1) is 12.2 Å². The topological polar surface area (TPSA) is 38.1 Å². The minimum absolute atomic E-state index is 0.130. The van der Waals surface area contributed by atoms with E-state index < -0.39 is 0 Å². The maximum atomic E-state index is 13.3. The second-order valence-corrected chi connectivity index (χ2v) is 8.15. The zero-order chi connectivity index (χ0) is 17.4. The number of hydrogen-bond donors (Lipinski definition) is 0. The van der Waals surface area contributed by atoms with Crippen molar-refractivity contribution < 1.29 is 4.79 Å². The Kier molecular flexibility index (Phi) is 4.67. The Morgan fingerprint density at radius 1 is 1.28 bits per heavy atom. The van der Waals surface area contributed by atoms with Gasteiger partial charge in [0.2, 0.25) is 0 Å². The van der Waals surface area contributed by atoms with Gasteiger partial charge >= 0.3 is 0 Å². The fourth-order valence-corrected chi connectivity index (χ4v) is 4.76. The van der Waals surface area contributed by atoms with Gasteiger partial charge in [-0.1, -0.05) is 34.8 Å². The second-order valence-electron chi connectivity index (χ2n) is 7.23. The summed E-state index contributed by atoms with van der Waals surface area (Å²) in [6.07, 6.45) is 8.06. The number of carbonyl (C=O) groups excluding carboxylic acids is 1. The Labute approximate surface area is 157 Å². The van der Waals surface area contributed by atoms with E-state index in [0.29, 0.717) is 12.6 Å². The molecule has 0 aliphatic heterocycles. The van der Waals surface area contributed by atoms with Crippen LogP contribution in [-0.2, 0) is 26.4 Å². The highest BCUT2D eigenvalue weighted by atomic mass is 79.9. The van der Waals surface area contributed by atoms with Gasteiger partial charge in [-0.05, 0) is 55.9 Å². The summed E-state index contributed by atoms with van der Waals surface area (Å²) >= 11 is 3.49. The van der Waals surface area contributed by atoms with Gasteiger partial charge in [0, 0.05) is 28.8 Å². The lowest BCUT2D eigenvalue weighted by Crippen LogP contribution is -2.38. The Bertz CT molecular complexity index is 792. The van der Waals surface area contributed by atoms with Crippen molar-refractivity contribution in [1.82, 2.24) is 14.7 Å². The van der Waals surface area contributed by atoms with Crippen LogP contribution in [0.25, 0.3) is 0 Å². The first-order valence-corrected chi connectivity index (χ1v) is 10.0. The number of hydrogen-bond acceptors (Lipinski definition) is 2. The van der Waals surface area contributed by atoms with Crippen molar-refractivity contribution in [2.45, 2.75) is 57.5 Å². The average Bonchev–Trinajstić information content (AvgIpc) is 3.33. The van der Waals surface area contributed by atoms with Crippen LogP contribution >= 0.6 is 15.9 Å². The van der Waals surface area contributed by atoms with E-state index in [1.807, 2.05) is 36.0 Å². The van der Waals surface area contributed by atoms with Crippen molar-refractivity contribution in [3.8, 4) is 0 Å². The number of aromatic nitrogens is 2. The number of fused-ring (bicyclic) bond motifs is 1. The molecule has 5 heteroatoms. The van der Waals surface area contributed by atoms with E-state index in [9.17, 15) is 4.79 Å². The van der Waals surface area contributed by atoms with Crippen molar-refractivity contribution >= 4 is 21.8 Å². The Morgan fingerprint density at radius 2 is 2.08 bits per heavy atom. The van der Waals surface area contributed by atoms with Gasteiger partial charge in [-0.2, -0.15) is 5.10 Å². The molecule has 0 atom stereocenters. The highest BCUT2D eigenvalue weighted by Crippen LogP contribution is 2.30. The minimum Gasteiger partial charge on any atom is -0.330 e. The van der Waals surface area contributed by atoms with Gasteiger partial charge in [0.25, 0.3) is 5.91 Å². The summed E-state index contributed by atoms with van der Waals surface area (Å²) in [4.78, 5) is 15.3. The van der Waals surface area contributed by atoms with Crippen LogP contribution in [0.4, 0.5) is 0 Å². The highest BCUT2D eigenvalue weighted by molar-refractivity contribution is 9.10. The van der Waals surface area contributed by atoms with Crippen LogP contribution in [0.1, 0.15) is 59.4 Å². The lowest BCUT2D eigenvalue weighted by atomic mass is 10.1. The highest BCUT2D eigenvalue weighted by Gasteiger charge is 2.30. The molecule has 4 nitrogen and oxygen atoms in total. The molecule has 1 amide bonds. The molecule has 2 aliphatic carbocycles. The molecule has 0 bridgehead atoms. The van der Waals surface area contributed by atoms with E-state index in [2.05, 4.69) is 20.8 Å². The molecule has 2 aliphatic rings. The van der Waals surface area contributed by atoms with E-state index in [-0.39, 0.29) is 5.91 Å². The fraction of sp³-hybridized carbons (Fsp3) is 0.500. The molecule has 1 heterocycles. The third-order valence-corrected chi connectivity index (χ3v) is 6.11. The third-order valence-electron chi connectivity index (χ3n) is 5.62. The molecule has 0 radical (unpaired) electrons. The van der Waals surface area contributed by atoms with Crippen molar-refractivity contribution in [1.29, 1.82) is 0 Å². The average molecular weight is 402 g/mol. The number of benzene rings is 1. The molecule has 4 rings (SSSR count). The predicted molar refractivity (Wildman–Crippen MR) is 102 cm³/mol. The third kappa shape index (κ3) is 3.26. The number of aryl methyl sites for hydroxylation is 1. The number of rotatable bonds is 4. The Hall–Kier alpha value is -1.62. The molecule has 0 saturated heterocycles. The molecule has 1 fully saturated rings. The lowest BCUT2D eigenvalue weighted by Gasteiger charge is -2.29. The van der Waals surface area contributed by atoms with E-state index in [0.717, 1.165) is 41.4 Å². The van der Waals surface area contributed by atoms with Gasteiger partial charge in [0.1, 0.15) is 0 Å². The molecule has 25 heavy (non-hydrogen) atoms. The quantitative estimate of drug-likeness (QED) is 0.767. The van der Waals surface area contributed by atoms with Crippen LogP contribution in [0, 0.1) is 0 Å². The molecule has 0 unspecified atom stereocenters. The van der Waals surface area contributed by atoms with E-state index in [1.54, 1.807) is 0 Å². The first kappa shape index (κ1) is 16.8. The minimum atomic E-state index is 0.130. The van der Waals surface area contributed by atoms with Gasteiger partial charge < -0.3 is 4.90 Å². The zero-order valence-corrected chi connectivity index (χ0v) is 16.3. The molecular weight excluding hydrogens is 378 g/mol. The molecule has 2 aromatic rings. The normalized spacial score (nSPS) is 17.0. The maximum Gasteiger partial charge on any atom is 0.254 e. The molecular formula is C20H24BrN3O. The summed E-state index contributed by atoms with van der Waals surface area (Å²) in [5.41, 5.74) is 4.60. The number of carbonyl (C=O) groups is 1. The van der Waals surface area contributed by atoms with E-state index >= 15 is 0 Å². The van der Waals surface area contributed by atoms with E-state index in [1.165, 1.54) is 30.5 Å². The zero-order valence-electron chi connectivity index (χ0n) is 14.7. The molecule has 0 spiro atoms. The summed E-state index contributed by atoms with van der Waals surface area (Å²) < 4.78 is 2.97. The monoisotopic (exact) mass is 401 g/mol. The summed E-state index contributed by atoms with van der Waals surface area (Å²) in [5.74, 6) is 0.130. The van der Waals surface area contributed by atoms with Gasteiger partial charge in [-0.15, -0.1) is 0 Å². The van der Waals surface area contributed by atoms with Gasteiger partial charge in [-0.25, -0.2) is 0 Å². The summed E-state index contributed by atoms with van der Waals surface area (Å²) in [6, 6.07) is 8.07. The smallest absolute Gasteiger partial charge is 0.254 e. The van der Waals surface area contributed by atoms with E-state index in [4.69, 9.17) is 5.10 Å². The van der Waals surface area contributed by atoms with Crippen LogP contribution in [-0.4, -0.2) is 26.6 Å². The molecule has 0 N–H and O–H groups in total. The van der Waals surface area contributed by atoms with Crippen LogP contribution in [0.5, 0.6) is 0 Å². The van der Waals surface area contributed by atoms with Crippen LogP contribution < -0.4 is 0 Å². The Morgan fingerprint density at radius 3 is 2.84 bits per heavy atom. The predicted octanol–water partition coefficient (Wildman–Crippen LogP) is 4.26. The number of amides is 1. The summed E-state index contributed by atoms with van der Waals surface area (Å²) in [6.45, 7) is 0.638. The number of halogens is 1. The van der Waals surface area contributed by atoms with Crippen LogP contribution in [0.2, 0.25) is 0 Å². The number of nitrogens with zero attached hydrogens (tertiary/aromatic N) is 3. The first-order valence-electron chi connectivity index (χ1n) is 9.23.